The van der Waals surface area contributed by atoms with Crippen LogP contribution in [0.15, 0.2) is 0 Å². The Morgan fingerprint density at radius 3 is 2.50 bits per heavy atom. The molecule has 0 aliphatic carbocycles. The lowest BCUT2D eigenvalue weighted by atomic mass is 10.4. The summed E-state index contributed by atoms with van der Waals surface area (Å²) in [4.78, 5) is 0. The Kier molecular flexibility index (Phi) is 5.96. The lowest BCUT2D eigenvalue weighted by molar-refractivity contribution is 0.598. The Labute approximate surface area is 79.0 Å². The molecule has 74 valence electrons. The van der Waals surface area contributed by atoms with Crippen molar-refractivity contribution < 1.29 is 8.42 Å². The number of hydrogen-bond acceptors (Lipinski definition) is 4. The van der Waals surface area contributed by atoms with Gasteiger partial charge < -0.3 is 5.73 Å². The minimum absolute atomic E-state index is 0.152. The zero-order chi connectivity index (χ0) is 9.61. The van der Waals surface area contributed by atoms with E-state index < -0.39 is 9.84 Å². The van der Waals surface area contributed by atoms with E-state index in [1.54, 1.807) is 18.7 Å². The molecule has 0 aromatic carbocycles. The summed E-state index contributed by atoms with van der Waals surface area (Å²) in [5.41, 5.74) is 5.50. The number of sulfone groups is 1. The number of thioether (sulfide) groups is 1. The topological polar surface area (TPSA) is 60.2 Å². The zero-order valence-corrected chi connectivity index (χ0v) is 9.25. The van der Waals surface area contributed by atoms with Gasteiger partial charge in [0.1, 0.15) is 0 Å². The molecule has 0 rings (SSSR count). The molecule has 0 heterocycles. The highest BCUT2D eigenvalue weighted by atomic mass is 32.2. The Balaban J connectivity index is 3.45. The lowest BCUT2D eigenvalue weighted by Gasteiger charge is -2.04. The molecule has 0 amide bonds. The summed E-state index contributed by atoms with van der Waals surface area (Å²) in [6.07, 6.45) is 0. The summed E-state index contributed by atoms with van der Waals surface area (Å²) < 4.78 is 22.0. The Morgan fingerprint density at radius 2 is 2.08 bits per heavy atom. The van der Waals surface area contributed by atoms with Crippen LogP contribution in [-0.4, -0.2) is 37.5 Å². The molecule has 0 spiro atoms. The standard InChI is InChI=1S/C7H17NO2S2/c1-3-12(9,10)5-4-11-6-7(2)8/h7H,3-6,8H2,1-2H3. The maximum Gasteiger partial charge on any atom is 0.150 e. The van der Waals surface area contributed by atoms with Gasteiger partial charge in [-0.2, -0.15) is 11.8 Å². The molecule has 12 heavy (non-hydrogen) atoms. The third-order valence-electron chi connectivity index (χ3n) is 1.36. The first-order valence-electron chi connectivity index (χ1n) is 4.01. The van der Waals surface area contributed by atoms with Gasteiger partial charge in [-0.1, -0.05) is 6.92 Å². The van der Waals surface area contributed by atoms with Gasteiger partial charge in [0.05, 0.1) is 5.75 Å². The number of rotatable bonds is 6. The van der Waals surface area contributed by atoms with Crippen LogP contribution in [0.5, 0.6) is 0 Å². The van der Waals surface area contributed by atoms with Crippen molar-refractivity contribution in [1.82, 2.24) is 0 Å². The van der Waals surface area contributed by atoms with Crippen LogP contribution in [0.25, 0.3) is 0 Å². The van der Waals surface area contributed by atoms with Gasteiger partial charge in [-0.15, -0.1) is 0 Å². The second-order valence-electron chi connectivity index (χ2n) is 2.79. The maximum absolute atomic E-state index is 11.0. The Bertz CT molecular complexity index is 199. The minimum Gasteiger partial charge on any atom is -0.327 e. The van der Waals surface area contributed by atoms with E-state index >= 15 is 0 Å². The third kappa shape index (κ3) is 6.94. The molecule has 0 aromatic rings. The highest BCUT2D eigenvalue weighted by molar-refractivity contribution is 8.00. The molecule has 0 fully saturated rings. The molecule has 5 heteroatoms. The van der Waals surface area contributed by atoms with E-state index in [4.69, 9.17) is 5.73 Å². The van der Waals surface area contributed by atoms with Crippen molar-refractivity contribution >= 4 is 21.6 Å². The van der Waals surface area contributed by atoms with Crippen LogP contribution in [0.2, 0.25) is 0 Å². The molecule has 0 saturated carbocycles. The molecule has 3 nitrogen and oxygen atoms in total. The Morgan fingerprint density at radius 1 is 1.50 bits per heavy atom. The normalized spacial score (nSPS) is 14.6. The van der Waals surface area contributed by atoms with Crippen molar-refractivity contribution in [3.8, 4) is 0 Å². The summed E-state index contributed by atoms with van der Waals surface area (Å²) >= 11 is 1.60. The molecule has 2 N–H and O–H groups in total. The van der Waals surface area contributed by atoms with Gasteiger partial charge in [-0.25, -0.2) is 8.42 Å². The first-order chi connectivity index (χ1) is 5.48. The summed E-state index contributed by atoms with van der Waals surface area (Å²) in [6, 6.07) is 0.152. The van der Waals surface area contributed by atoms with Crippen molar-refractivity contribution in [2.24, 2.45) is 5.73 Å². The van der Waals surface area contributed by atoms with Gasteiger partial charge in [0.25, 0.3) is 0 Å². The van der Waals surface area contributed by atoms with Crippen molar-refractivity contribution in [3.05, 3.63) is 0 Å². The average Bonchev–Trinajstić information content (AvgIpc) is 1.98. The van der Waals surface area contributed by atoms with Gasteiger partial charge in [0.2, 0.25) is 0 Å². The summed E-state index contributed by atoms with van der Waals surface area (Å²) in [5, 5.41) is 0. The molecule has 0 aliphatic heterocycles. The van der Waals surface area contributed by atoms with E-state index in [9.17, 15) is 8.42 Å². The van der Waals surface area contributed by atoms with Crippen molar-refractivity contribution in [1.29, 1.82) is 0 Å². The van der Waals surface area contributed by atoms with E-state index in [1.165, 1.54) is 0 Å². The fourth-order valence-electron chi connectivity index (χ4n) is 0.599. The second kappa shape index (κ2) is 5.83. The molecule has 0 bridgehead atoms. The SMILES string of the molecule is CCS(=O)(=O)CCSCC(C)N. The highest BCUT2D eigenvalue weighted by Gasteiger charge is 2.06. The number of hydrogen-bond donors (Lipinski definition) is 1. The maximum atomic E-state index is 11.0. The minimum atomic E-state index is -2.78. The predicted molar refractivity (Wildman–Crippen MR) is 55.3 cm³/mol. The molecule has 0 saturated heterocycles. The largest absolute Gasteiger partial charge is 0.327 e. The summed E-state index contributed by atoms with van der Waals surface area (Å²) in [5.74, 6) is 2.02. The molecule has 0 aromatic heterocycles. The van der Waals surface area contributed by atoms with E-state index in [0.29, 0.717) is 5.75 Å². The fourth-order valence-corrected chi connectivity index (χ4v) is 2.91. The van der Waals surface area contributed by atoms with Crippen molar-refractivity contribution in [2.45, 2.75) is 19.9 Å². The summed E-state index contributed by atoms with van der Waals surface area (Å²) in [7, 11) is -2.78. The van der Waals surface area contributed by atoms with Crippen LogP contribution in [0, 0.1) is 0 Å². The van der Waals surface area contributed by atoms with Gasteiger partial charge in [-0.3, -0.25) is 0 Å². The van der Waals surface area contributed by atoms with Crippen LogP contribution in [0.4, 0.5) is 0 Å². The van der Waals surface area contributed by atoms with Crippen LogP contribution >= 0.6 is 11.8 Å². The quantitative estimate of drug-likeness (QED) is 0.650. The smallest absolute Gasteiger partial charge is 0.150 e. The van der Waals surface area contributed by atoms with Gasteiger partial charge in [0.15, 0.2) is 9.84 Å². The average molecular weight is 211 g/mol. The van der Waals surface area contributed by atoms with Gasteiger partial charge in [-0.05, 0) is 6.92 Å². The first-order valence-corrected chi connectivity index (χ1v) is 6.99. The van der Waals surface area contributed by atoms with Crippen molar-refractivity contribution in [2.75, 3.05) is 23.0 Å². The van der Waals surface area contributed by atoms with E-state index in [2.05, 4.69) is 0 Å². The van der Waals surface area contributed by atoms with E-state index in [0.717, 1.165) is 5.75 Å². The Hall–Kier alpha value is 0.260. The first kappa shape index (κ1) is 12.3. The van der Waals surface area contributed by atoms with Gasteiger partial charge in [0, 0.05) is 23.3 Å². The molecular weight excluding hydrogens is 194 g/mol. The zero-order valence-electron chi connectivity index (χ0n) is 7.62. The lowest BCUT2D eigenvalue weighted by Crippen LogP contribution is -2.19. The predicted octanol–water partition coefficient (Wildman–Crippen LogP) is 0.502. The number of nitrogens with two attached hydrogens (primary N) is 1. The molecule has 0 aliphatic rings. The molecule has 1 unspecified atom stereocenters. The fraction of sp³-hybridized carbons (Fsp3) is 1.00. The second-order valence-corrected chi connectivity index (χ2v) is 6.41. The molecular formula is C7H17NO2S2. The van der Waals surface area contributed by atoms with Crippen molar-refractivity contribution in [3.63, 3.8) is 0 Å². The third-order valence-corrected chi connectivity index (χ3v) is 4.58. The highest BCUT2D eigenvalue weighted by Crippen LogP contribution is 2.03. The van der Waals surface area contributed by atoms with Crippen LogP contribution in [-0.2, 0) is 9.84 Å². The molecule has 1 atom stereocenters. The van der Waals surface area contributed by atoms with Crippen LogP contribution in [0.1, 0.15) is 13.8 Å². The monoisotopic (exact) mass is 211 g/mol. The van der Waals surface area contributed by atoms with Crippen LogP contribution < -0.4 is 5.73 Å². The van der Waals surface area contributed by atoms with E-state index in [1.807, 2.05) is 6.92 Å². The summed E-state index contributed by atoms with van der Waals surface area (Å²) in [6.45, 7) is 3.59. The van der Waals surface area contributed by atoms with E-state index in [-0.39, 0.29) is 17.5 Å². The van der Waals surface area contributed by atoms with Crippen LogP contribution in [0.3, 0.4) is 0 Å². The molecule has 0 radical (unpaired) electrons. The van der Waals surface area contributed by atoms with Gasteiger partial charge >= 0.3 is 0 Å².